The van der Waals surface area contributed by atoms with Crippen LogP contribution in [0, 0.1) is 6.92 Å². The van der Waals surface area contributed by atoms with Gasteiger partial charge < -0.3 is 31.6 Å². The number of esters is 1. The Morgan fingerprint density at radius 1 is 0.515 bits per heavy atom. The van der Waals surface area contributed by atoms with E-state index in [0.29, 0.717) is 46.5 Å². The Bertz CT molecular complexity index is 2160. The van der Waals surface area contributed by atoms with Gasteiger partial charge in [-0.05, 0) is 122 Å². The van der Waals surface area contributed by atoms with Crippen molar-refractivity contribution in [2.24, 2.45) is 0 Å². The summed E-state index contributed by atoms with van der Waals surface area (Å²) in [5.74, 6) is 3.55. The van der Waals surface area contributed by atoms with Crippen molar-refractivity contribution in [1.29, 1.82) is 0 Å². The fraction of sp³-hybridized carbons (Fsp3) is 0.642. The van der Waals surface area contributed by atoms with Crippen LogP contribution in [0.2, 0.25) is 90.7 Å². The summed E-state index contributed by atoms with van der Waals surface area (Å²) in [5, 5.41) is -0.470. The standard InChI is InChI=1S/C53H90O8Si5/c1-36-27-29-37(30-28-36)48(54)56-43-35-40-41(33-39(57-62(17,18)49(2,3)4)34-42(40)58-63(19,20)50(5,6)7)55-46(43)38-31-44(59-64(21,22)51(8,9)10)47(61-66(25,26)53(14,15)16)45(32-38)60-65(23,24)52(11,12)13/h27-34,43,46H,35H2,1-26H3/t43-,46-/m1/s1. The number of hydrogen-bond acceptors (Lipinski definition) is 8. The number of ether oxygens (including phenoxy) is 2. The van der Waals surface area contributed by atoms with Gasteiger partial charge >= 0.3 is 5.97 Å². The first-order chi connectivity index (χ1) is 29.4. The molecule has 1 aliphatic heterocycles. The lowest BCUT2D eigenvalue weighted by molar-refractivity contribution is -0.0187. The zero-order valence-corrected chi connectivity index (χ0v) is 51.2. The van der Waals surface area contributed by atoms with Crippen LogP contribution in [0.15, 0.2) is 48.5 Å². The van der Waals surface area contributed by atoms with Crippen LogP contribution in [0.3, 0.4) is 0 Å². The lowest BCUT2D eigenvalue weighted by atomic mass is 9.93. The van der Waals surface area contributed by atoms with E-state index in [0.717, 1.165) is 16.7 Å². The Hall–Kier alpha value is -2.99. The summed E-state index contributed by atoms with van der Waals surface area (Å²) in [5.41, 5.74) is 3.16. The third-order valence-corrected chi connectivity index (χ3v) is 37.6. The quantitative estimate of drug-likeness (QED) is 0.124. The number of carbonyl (C=O) groups excluding carboxylic acids is 1. The number of carbonyl (C=O) groups is 1. The Balaban J connectivity index is 2.14. The van der Waals surface area contributed by atoms with Crippen LogP contribution in [0.1, 0.15) is 137 Å². The zero-order valence-electron chi connectivity index (χ0n) is 46.2. The van der Waals surface area contributed by atoms with Crippen molar-refractivity contribution in [3.05, 3.63) is 70.8 Å². The molecule has 0 aliphatic carbocycles. The van der Waals surface area contributed by atoms with Gasteiger partial charge in [0.1, 0.15) is 34.9 Å². The van der Waals surface area contributed by atoms with E-state index in [1.54, 1.807) is 0 Å². The smallest absolute Gasteiger partial charge is 0.338 e. The molecule has 0 bridgehead atoms. The minimum Gasteiger partial charge on any atom is -0.543 e. The van der Waals surface area contributed by atoms with Gasteiger partial charge in [-0.15, -0.1) is 0 Å². The van der Waals surface area contributed by atoms with E-state index in [9.17, 15) is 4.79 Å². The molecule has 66 heavy (non-hydrogen) atoms. The molecule has 370 valence electrons. The Morgan fingerprint density at radius 2 is 0.894 bits per heavy atom. The van der Waals surface area contributed by atoms with E-state index >= 15 is 0 Å². The fourth-order valence-electron chi connectivity index (χ4n) is 6.01. The monoisotopic (exact) mass is 995 g/mol. The van der Waals surface area contributed by atoms with E-state index in [2.05, 4.69) is 181 Å². The van der Waals surface area contributed by atoms with Crippen LogP contribution in [0.4, 0.5) is 0 Å². The molecule has 8 nitrogen and oxygen atoms in total. The predicted molar refractivity (Wildman–Crippen MR) is 289 cm³/mol. The van der Waals surface area contributed by atoms with Crippen molar-refractivity contribution in [2.45, 2.75) is 220 Å². The average Bonchev–Trinajstić information content (AvgIpc) is 3.10. The normalized spacial score (nSPS) is 17.1. The second-order valence-electron chi connectivity index (χ2n) is 26.6. The maximum atomic E-state index is 14.3. The van der Waals surface area contributed by atoms with Gasteiger partial charge in [0.2, 0.25) is 16.6 Å². The van der Waals surface area contributed by atoms with Crippen LogP contribution in [-0.4, -0.2) is 53.7 Å². The molecule has 13 heteroatoms. The van der Waals surface area contributed by atoms with Crippen molar-refractivity contribution in [3.63, 3.8) is 0 Å². The van der Waals surface area contributed by atoms with Gasteiger partial charge in [0.05, 0.1) is 5.56 Å². The molecule has 0 aromatic heterocycles. The molecule has 0 unspecified atom stereocenters. The molecule has 4 rings (SSSR count). The number of benzene rings is 3. The lowest BCUT2D eigenvalue weighted by Gasteiger charge is -2.42. The summed E-state index contributed by atoms with van der Waals surface area (Å²) < 4.78 is 50.4. The Labute approximate surface area is 407 Å². The molecule has 0 radical (unpaired) electrons. The zero-order chi connectivity index (χ0) is 50.8. The number of aryl methyl sites for hydroxylation is 1. The topological polar surface area (TPSA) is 81.7 Å². The molecular formula is C53H90O8Si5. The molecule has 3 aromatic rings. The molecule has 0 fully saturated rings. The summed E-state index contributed by atoms with van der Waals surface area (Å²) in [6.45, 7) is 58.3. The molecule has 0 saturated carbocycles. The van der Waals surface area contributed by atoms with E-state index < -0.39 is 59.8 Å². The number of rotatable bonds is 13. The highest BCUT2D eigenvalue weighted by Crippen LogP contribution is 2.53. The Kier molecular flexibility index (Phi) is 15.5. The van der Waals surface area contributed by atoms with Crippen LogP contribution >= 0.6 is 0 Å². The molecule has 3 aromatic carbocycles. The van der Waals surface area contributed by atoms with E-state index in [1.807, 2.05) is 43.3 Å². The first kappa shape index (κ1) is 55.6. The van der Waals surface area contributed by atoms with Gasteiger partial charge in [-0.3, -0.25) is 0 Å². The highest BCUT2D eigenvalue weighted by Gasteiger charge is 2.48. The third-order valence-electron chi connectivity index (χ3n) is 15.9. The summed E-state index contributed by atoms with van der Waals surface area (Å²) in [7, 11) is -12.1. The van der Waals surface area contributed by atoms with Gasteiger partial charge in [-0.1, -0.05) is 122 Å². The third kappa shape index (κ3) is 12.4. The minimum absolute atomic E-state index is 0.0443. The average molecular weight is 996 g/mol. The number of hydrogen-bond donors (Lipinski definition) is 0. The molecule has 1 heterocycles. The molecule has 2 atom stereocenters. The SMILES string of the molecule is Cc1ccc(C(=O)O[C@@H]2Cc3c(cc(O[Si](C)(C)C(C)(C)C)cc3O[Si](C)(C)C(C)(C)C)O[C@@H]2c2cc(O[Si](C)(C)C(C)(C)C)c(O[Si](C)(C)C(C)(C)C)c(O[Si](C)(C)C(C)(C)C)c2)cc1. The highest BCUT2D eigenvalue weighted by molar-refractivity contribution is 6.77. The molecule has 0 spiro atoms. The fourth-order valence-corrected chi connectivity index (χ4v) is 11.1. The first-order valence-electron chi connectivity index (χ1n) is 24.1. The lowest BCUT2D eigenvalue weighted by Crippen LogP contribution is -2.47. The summed E-state index contributed by atoms with van der Waals surface area (Å²) >= 11 is 0. The van der Waals surface area contributed by atoms with Crippen molar-refractivity contribution < 1.29 is 36.4 Å². The van der Waals surface area contributed by atoms with Gasteiger partial charge in [0, 0.05) is 29.7 Å². The van der Waals surface area contributed by atoms with Crippen LogP contribution in [-0.2, 0) is 11.2 Å². The maximum absolute atomic E-state index is 14.3. The molecular weight excluding hydrogens is 905 g/mol. The van der Waals surface area contributed by atoms with Crippen LogP contribution in [0.5, 0.6) is 34.5 Å². The van der Waals surface area contributed by atoms with Crippen LogP contribution in [0.25, 0.3) is 0 Å². The van der Waals surface area contributed by atoms with Crippen LogP contribution < -0.4 is 26.9 Å². The molecule has 1 aliphatic rings. The molecule has 0 saturated heterocycles. The summed E-state index contributed by atoms with van der Waals surface area (Å²) in [4.78, 5) is 14.3. The van der Waals surface area contributed by atoms with Gasteiger partial charge in [0.15, 0.2) is 11.9 Å². The van der Waals surface area contributed by atoms with Crippen molar-refractivity contribution in [2.75, 3.05) is 0 Å². The Morgan fingerprint density at radius 3 is 1.30 bits per heavy atom. The summed E-state index contributed by atoms with van der Waals surface area (Å²) in [6, 6.07) is 15.7. The molecule has 0 N–H and O–H groups in total. The van der Waals surface area contributed by atoms with Crippen molar-refractivity contribution >= 4 is 47.6 Å². The predicted octanol–water partition coefficient (Wildman–Crippen LogP) is 16.8. The van der Waals surface area contributed by atoms with E-state index in [4.69, 9.17) is 31.6 Å². The van der Waals surface area contributed by atoms with E-state index in [1.165, 1.54) is 0 Å². The van der Waals surface area contributed by atoms with Crippen molar-refractivity contribution in [3.8, 4) is 34.5 Å². The largest absolute Gasteiger partial charge is 0.543 e. The highest BCUT2D eigenvalue weighted by atomic mass is 28.4. The van der Waals surface area contributed by atoms with Gasteiger partial charge in [-0.25, -0.2) is 4.79 Å². The van der Waals surface area contributed by atoms with Gasteiger partial charge in [-0.2, -0.15) is 0 Å². The number of fused-ring (bicyclic) bond motifs is 1. The maximum Gasteiger partial charge on any atom is 0.338 e. The van der Waals surface area contributed by atoms with Gasteiger partial charge in [0.25, 0.3) is 25.0 Å². The van der Waals surface area contributed by atoms with E-state index in [-0.39, 0.29) is 25.2 Å². The summed E-state index contributed by atoms with van der Waals surface area (Å²) in [6.07, 6.45) is -1.17. The second kappa shape index (κ2) is 18.4. The second-order valence-corrected chi connectivity index (χ2v) is 50.2. The molecule has 0 amide bonds. The first-order valence-corrected chi connectivity index (χ1v) is 38.7. The minimum atomic E-state index is -2.49. The van der Waals surface area contributed by atoms with Crippen molar-refractivity contribution in [1.82, 2.24) is 0 Å².